The lowest BCUT2D eigenvalue weighted by Gasteiger charge is -2.26. The van der Waals surface area contributed by atoms with Gasteiger partial charge in [0.1, 0.15) is 6.29 Å². The highest BCUT2D eigenvalue weighted by atomic mass is 16.5. The number of aromatic nitrogens is 2. The second-order valence-corrected chi connectivity index (χ2v) is 4.42. The fraction of sp³-hybridized carbons (Fsp3) is 0.538. The molecule has 2 heterocycles. The zero-order valence-electron chi connectivity index (χ0n) is 10.5. The van der Waals surface area contributed by atoms with Crippen molar-refractivity contribution in [1.82, 2.24) is 14.7 Å². The molecule has 0 spiro atoms. The minimum absolute atomic E-state index is 0.370. The third kappa shape index (κ3) is 3.51. The largest absolute Gasteiger partial charge is 0.379 e. The van der Waals surface area contributed by atoms with E-state index in [9.17, 15) is 4.79 Å². The van der Waals surface area contributed by atoms with Crippen molar-refractivity contribution in [2.24, 2.45) is 0 Å². The topological polar surface area (TPSA) is 47.4 Å². The molecule has 1 aliphatic heterocycles. The fourth-order valence-electron chi connectivity index (χ4n) is 1.96. The summed E-state index contributed by atoms with van der Waals surface area (Å²) in [6, 6.07) is 0. The first-order valence-corrected chi connectivity index (χ1v) is 6.24. The monoisotopic (exact) mass is 249 g/mol. The average molecular weight is 249 g/mol. The van der Waals surface area contributed by atoms with Crippen molar-refractivity contribution in [2.45, 2.75) is 13.0 Å². The molecule has 0 aliphatic carbocycles. The first kappa shape index (κ1) is 13.0. The number of aldehydes is 1. The number of nitrogens with zero attached hydrogens (tertiary/aromatic N) is 3. The maximum Gasteiger partial charge on any atom is 0.124 e. The number of hydrogen-bond donors (Lipinski definition) is 0. The summed E-state index contributed by atoms with van der Waals surface area (Å²) < 4.78 is 7.21. The molecule has 0 radical (unpaired) electrons. The molecule has 0 aromatic carbocycles. The van der Waals surface area contributed by atoms with E-state index < -0.39 is 0 Å². The van der Waals surface area contributed by atoms with Crippen LogP contribution < -0.4 is 0 Å². The Kier molecular flexibility index (Phi) is 4.66. The van der Waals surface area contributed by atoms with Gasteiger partial charge in [-0.1, -0.05) is 6.58 Å². The molecule has 1 fully saturated rings. The summed E-state index contributed by atoms with van der Waals surface area (Å²) in [5.41, 5.74) is 1.77. The quantitative estimate of drug-likeness (QED) is 0.700. The number of morpholine rings is 1. The summed E-state index contributed by atoms with van der Waals surface area (Å²) in [6.45, 7) is 9.32. The predicted octanol–water partition coefficient (Wildman–Crippen LogP) is 0.817. The Morgan fingerprint density at radius 3 is 2.94 bits per heavy atom. The van der Waals surface area contributed by atoms with E-state index in [2.05, 4.69) is 16.6 Å². The third-order valence-corrected chi connectivity index (χ3v) is 3.12. The van der Waals surface area contributed by atoms with E-state index >= 15 is 0 Å². The van der Waals surface area contributed by atoms with Crippen LogP contribution in [0.15, 0.2) is 19.0 Å². The van der Waals surface area contributed by atoms with Gasteiger partial charge in [-0.3, -0.25) is 9.58 Å². The summed E-state index contributed by atoms with van der Waals surface area (Å²) in [6.07, 6.45) is 4.96. The molecule has 0 N–H and O–H groups in total. The van der Waals surface area contributed by atoms with Crippen LogP contribution in [0.3, 0.4) is 0 Å². The van der Waals surface area contributed by atoms with Gasteiger partial charge in [-0.25, -0.2) is 0 Å². The lowest BCUT2D eigenvalue weighted by molar-refractivity contribution is -0.107. The lowest BCUT2D eigenvalue weighted by Crippen LogP contribution is -2.38. The molecule has 2 rings (SSSR count). The molecule has 1 aromatic heterocycles. The van der Waals surface area contributed by atoms with Crippen molar-refractivity contribution in [3.05, 3.63) is 24.5 Å². The van der Waals surface area contributed by atoms with Crippen LogP contribution >= 0.6 is 0 Å². The van der Waals surface area contributed by atoms with E-state index in [4.69, 9.17) is 4.74 Å². The highest BCUT2D eigenvalue weighted by Crippen LogP contribution is 2.13. The molecule has 0 amide bonds. The minimum atomic E-state index is 0.370. The first-order chi connectivity index (χ1) is 8.79. The van der Waals surface area contributed by atoms with Gasteiger partial charge in [0.25, 0.3) is 0 Å². The van der Waals surface area contributed by atoms with Crippen molar-refractivity contribution in [3.8, 4) is 0 Å². The number of carbonyl (C=O) groups excluding carboxylic acids is 1. The molecule has 1 aliphatic rings. The Morgan fingerprint density at radius 1 is 1.44 bits per heavy atom. The minimum Gasteiger partial charge on any atom is -0.379 e. The molecule has 0 bridgehead atoms. The van der Waals surface area contributed by atoms with Gasteiger partial charge in [-0.15, -0.1) is 0 Å². The van der Waals surface area contributed by atoms with Crippen LogP contribution in [0, 0.1) is 0 Å². The molecule has 5 nitrogen and oxygen atoms in total. The first-order valence-electron chi connectivity index (χ1n) is 6.24. The van der Waals surface area contributed by atoms with Gasteiger partial charge in [0.2, 0.25) is 0 Å². The number of hydrogen-bond acceptors (Lipinski definition) is 4. The maximum absolute atomic E-state index is 10.4. The summed E-state index contributed by atoms with van der Waals surface area (Å²) >= 11 is 0. The normalized spacial score (nSPS) is 16.7. The molecule has 18 heavy (non-hydrogen) atoms. The van der Waals surface area contributed by atoms with Gasteiger partial charge in [-0.05, 0) is 5.57 Å². The number of ether oxygens (including phenoxy) is 1. The molecular formula is C13H19N3O2. The third-order valence-electron chi connectivity index (χ3n) is 3.12. The van der Waals surface area contributed by atoms with E-state index in [0.29, 0.717) is 6.42 Å². The molecular weight excluding hydrogens is 230 g/mol. The van der Waals surface area contributed by atoms with Crippen LogP contribution in [0.2, 0.25) is 0 Å². The highest BCUT2D eigenvalue weighted by molar-refractivity contribution is 5.75. The van der Waals surface area contributed by atoms with Gasteiger partial charge in [0.05, 0.1) is 26.0 Å². The van der Waals surface area contributed by atoms with Gasteiger partial charge >= 0.3 is 0 Å². The Balaban J connectivity index is 1.82. The van der Waals surface area contributed by atoms with Crippen molar-refractivity contribution in [3.63, 3.8) is 0 Å². The van der Waals surface area contributed by atoms with Gasteiger partial charge in [0.15, 0.2) is 0 Å². The molecule has 98 valence electrons. The van der Waals surface area contributed by atoms with Gasteiger partial charge in [0, 0.05) is 37.8 Å². The summed E-state index contributed by atoms with van der Waals surface area (Å²) in [5, 5.41) is 4.29. The zero-order chi connectivity index (χ0) is 12.8. The molecule has 1 aromatic rings. The predicted molar refractivity (Wildman–Crippen MR) is 69.2 cm³/mol. The van der Waals surface area contributed by atoms with E-state index in [-0.39, 0.29) is 0 Å². The van der Waals surface area contributed by atoms with Crippen LogP contribution in [0.5, 0.6) is 0 Å². The molecule has 0 unspecified atom stereocenters. The van der Waals surface area contributed by atoms with E-state index in [1.54, 1.807) is 6.20 Å². The van der Waals surface area contributed by atoms with Crippen LogP contribution in [0.25, 0.3) is 5.57 Å². The van der Waals surface area contributed by atoms with E-state index in [1.165, 1.54) is 0 Å². The van der Waals surface area contributed by atoms with Crippen LogP contribution in [0.1, 0.15) is 12.0 Å². The smallest absolute Gasteiger partial charge is 0.124 e. The fourth-order valence-corrected chi connectivity index (χ4v) is 1.96. The molecule has 0 atom stereocenters. The second kappa shape index (κ2) is 6.47. The Morgan fingerprint density at radius 2 is 2.22 bits per heavy atom. The maximum atomic E-state index is 10.4. The standard InChI is InChI=1S/C13H19N3O2/c1-12(2-7-17)13-10-14-16(11-13)4-3-15-5-8-18-9-6-15/h7,10-11H,1-6,8-9H2. The number of allylic oxidation sites excluding steroid dienone is 1. The highest BCUT2D eigenvalue weighted by Gasteiger charge is 2.10. The van der Waals surface area contributed by atoms with Crippen molar-refractivity contribution >= 4 is 11.9 Å². The SMILES string of the molecule is C=C(CC=O)c1cnn(CCN2CCOCC2)c1. The van der Waals surface area contributed by atoms with Crippen molar-refractivity contribution in [2.75, 3.05) is 32.8 Å². The second-order valence-electron chi connectivity index (χ2n) is 4.42. The number of rotatable bonds is 6. The zero-order valence-corrected chi connectivity index (χ0v) is 10.5. The number of carbonyl (C=O) groups is 1. The Labute approximate surface area is 107 Å². The van der Waals surface area contributed by atoms with Crippen LogP contribution in [-0.2, 0) is 16.1 Å². The van der Waals surface area contributed by atoms with Gasteiger partial charge in [-0.2, -0.15) is 5.10 Å². The van der Waals surface area contributed by atoms with Crippen molar-refractivity contribution < 1.29 is 9.53 Å². The van der Waals surface area contributed by atoms with E-state index in [0.717, 1.165) is 56.8 Å². The van der Waals surface area contributed by atoms with Gasteiger partial charge < -0.3 is 9.53 Å². The molecule has 5 heteroatoms. The lowest BCUT2D eigenvalue weighted by atomic mass is 10.1. The summed E-state index contributed by atoms with van der Waals surface area (Å²) in [5.74, 6) is 0. The van der Waals surface area contributed by atoms with Crippen LogP contribution in [0.4, 0.5) is 0 Å². The average Bonchev–Trinajstić information content (AvgIpc) is 2.87. The summed E-state index contributed by atoms with van der Waals surface area (Å²) in [4.78, 5) is 12.8. The van der Waals surface area contributed by atoms with Crippen LogP contribution in [-0.4, -0.2) is 53.8 Å². The van der Waals surface area contributed by atoms with E-state index in [1.807, 2.05) is 10.9 Å². The van der Waals surface area contributed by atoms with Crippen molar-refractivity contribution in [1.29, 1.82) is 0 Å². The molecule has 0 saturated carbocycles. The summed E-state index contributed by atoms with van der Waals surface area (Å²) in [7, 11) is 0. The Hall–Kier alpha value is -1.46. The molecule has 1 saturated heterocycles. The Bertz CT molecular complexity index is 408.